The number of Topliss-reactive ketones (excluding diaryl/α,β-unsaturated/α-hetero) is 1. The second-order valence-electron chi connectivity index (χ2n) is 7.85. The van der Waals surface area contributed by atoms with Crippen molar-refractivity contribution in [3.63, 3.8) is 0 Å². The van der Waals surface area contributed by atoms with Gasteiger partial charge in [-0.1, -0.05) is 55.5 Å². The van der Waals surface area contributed by atoms with Gasteiger partial charge in [-0.2, -0.15) is 0 Å². The Bertz CT molecular complexity index is 522. The lowest BCUT2D eigenvalue weighted by molar-refractivity contribution is 0.0825. The lowest BCUT2D eigenvalue weighted by Crippen LogP contribution is -2.50. The zero-order valence-corrected chi connectivity index (χ0v) is 14.5. The molecule has 0 amide bonds. The van der Waals surface area contributed by atoms with Crippen LogP contribution in [0.15, 0.2) is 24.3 Å². The van der Waals surface area contributed by atoms with Crippen LogP contribution >= 0.6 is 0 Å². The molecule has 3 rings (SSSR count). The third kappa shape index (κ3) is 3.29. The number of rotatable bonds is 3. The second kappa shape index (κ2) is 5.69. The van der Waals surface area contributed by atoms with Crippen molar-refractivity contribution in [2.45, 2.75) is 63.8 Å². The minimum atomic E-state index is -1.35. The second-order valence-corrected chi connectivity index (χ2v) is 12.9. The molecule has 0 aliphatic carbocycles. The number of benzene rings is 1. The molecule has 1 aromatic rings. The van der Waals surface area contributed by atoms with Crippen LogP contribution < -0.4 is 10.5 Å². The maximum absolute atomic E-state index is 12.9. The molecule has 0 aromatic heterocycles. The first-order valence-electron chi connectivity index (χ1n) is 8.34. The average Bonchev–Trinajstić information content (AvgIpc) is 2.45. The van der Waals surface area contributed by atoms with Gasteiger partial charge in [0.25, 0.3) is 0 Å². The molecule has 2 bridgehead atoms. The van der Waals surface area contributed by atoms with Gasteiger partial charge in [-0.25, -0.2) is 0 Å². The number of nitrogens with one attached hydrogen (secondary N) is 1. The molecule has 3 heteroatoms. The Morgan fingerprint density at radius 1 is 1.14 bits per heavy atom. The predicted molar refractivity (Wildman–Crippen MR) is 91.0 cm³/mol. The van der Waals surface area contributed by atoms with Crippen molar-refractivity contribution in [3.8, 4) is 0 Å². The topological polar surface area (TPSA) is 29.1 Å². The van der Waals surface area contributed by atoms with E-state index in [2.05, 4.69) is 43.2 Å². The number of hydrogen-bond donors (Lipinski definition) is 1. The van der Waals surface area contributed by atoms with Gasteiger partial charge in [0.2, 0.25) is 0 Å². The van der Waals surface area contributed by atoms with Crippen LogP contribution in [-0.2, 0) is 0 Å². The molecular weight excluding hydrogens is 274 g/mol. The molecule has 2 aliphatic heterocycles. The summed E-state index contributed by atoms with van der Waals surface area (Å²) in [5, 5.41) is 5.07. The summed E-state index contributed by atoms with van der Waals surface area (Å²) in [4.78, 5) is 12.9. The highest BCUT2D eigenvalue weighted by Crippen LogP contribution is 2.31. The number of carbonyl (C=O) groups is 1. The van der Waals surface area contributed by atoms with Crippen LogP contribution in [0.2, 0.25) is 19.6 Å². The highest BCUT2D eigenvalue weighted by atomic mass is 28.3. The first kappa shape index (κ1) is 15.0. The smallest absolute Gasteiger partial charge is 0.166 e. The Hall–Kier alpha value is -0.933. The molecular formula is C18H27NOSi. The van der Waals surface area contributed by atoms with E-state index >= 15 is 0 Å². The maximum Gasteiger partial charge on any atom is 0.166 e. The van der Waals surface area contributed by atoms with Crippen LogP contribution in [0.5, 0.6) is 0 Å². The zero-order valence-electron chi connectivity index (χ0n) is 13.5. The van der Waals surface area contributed by atoms with E-state index in [0.717, 1.165) is 18.4 Å². The predicted octanol–water partition coefficient (Wildman–Crippen LogP) is 3.34. The minimum Gasteiger partial charge on any atom is -0.311 e. The highest BCUT2D eigenvalue weighted by Gasteiger charge is 2.35. The van der Waals surface area contributed by atoms with Crippen LogP contribution in [0.4, 0.5) is 0 Å². The Morgan fingerprint density at radius 3 is 2.43 bits per heavy atom. The quantitative estimate of drug-likeness (QED) is 0.685. The van der Waals surface area contributed by atoms with Crippen molar-refractivity contribution in [2.24, 2.45) is 5.92 Å². The van der Waals surface area contributed by atoms with E-state index in [4.69, 9.17) is 0 Å². The lowest BCUT2D eigenvalue weighted by atomic mass is 9.77. The van der Waals surface area contributed by atoms with Gasteiger partial charge in [0.1, 0.15) is 0 Å². The number of carbonyl (C=O) groups excluding carboxylic acids is 1. The van der Waals surface area contributed by atoms with Crippen molar-refractivity contribution in [3.05, 3.63) is 29.8 Å². The Labute approximate surface area is 129 Å². The summed E-state index contributed by atoms with van der Waals surface area (Å²) >= 11 is 0. The molecule has 0 spiro atoms. The zero-order chi connectivity index (χ0) is 15.0. The largest absolute Gasteiger partial charge is 0.311 e. The molecule has 1 aromatic carbocycles. The fraction of sp³-hybridized carbons (Fsp3) is 0.611. The standard InChI is InChI=1S/C18H27NOSi/c1-21(2,3)17-9-4-6-13(12-17)18(20)14-10-15-7-5-8-16(11-14)19-15/h4,6,9,12,14-16,19H,5,7-8,10-11H2,1-3H3. The molecule has 0 saturated carbocycles. The van der Waals surface area contributed by atoms with Gasteiger partial charge in [0, 0.05) is 23.6 Å². The van der Waals surface area contributed by atoms with Gasteiger partial charge >= 0.3 is 0 Å². The fourth-order valence-electron chi connectivity index (χ4n) is 3.85. The van der Waals surface area contributed by atoms with E-state index in [0.29, 0.717) is 17.9 Å². The van der Waals surface area contributed by atoms with Crippen molar-refractivity contribution in [2.75, 3.05) is 0 Å². The van der Waals surface area contributed by atoms with Crippen LogP contribution in [0.1, 0.15) is 42.5 Å². The summed E-state index contributed by atoms with van der Waals surface area (Å²) < 4.78 is 0. The number of piperidine rings is 2. The molecule has 2 atom stereocenters. The van der Waals surface area contributed by atoms with Crippen LogP contribution in [0, 0.1) is 5.92 Å². The van der Waals surface area contributed by atoms with E-state index in [9.17, 15) is 4.79 Å². The average molecular weight is 302 g/mol. The summed E-state index contributed by atoms with van der Waals surface area (Å²) in [6.45, 7) is 7.02. The number of fused-ring (bicyclic) bond motifs is 2. The summed E-state index contributed by atoms with van der Waals surface area (Å²) in [6.07, 6.45) is 5.89. The Kier molecular flexibility index (Phi) is 4.06. The molecule has 2 nitrogen and oxygen atoms in total. The molecule has 2 unspecified atom stereocenters. The van der Waals surface area contributed by atoms with Crippen molar-refractivity contribution >= 4 is 19.0 Å². The van der Waals surface area contributed by atoms with Gasteiger partial charge in [-0.05, 0) is 25.7 Å². The van der Waals surface area contributed by atoms with Crippen molar-refractivity contribution in [1.29, 1.82) is 0 Å². The summed E-state index contributed by atoms with van der Waals surface area (Å²) in [5.41, 5.74) is 0.944. The van der Waals surface area contributed by atoms with Gasteiger partial charge in [0.15, 0.2) is 5.78 Å². The lowest BCUT2D eigenvalue weighted by Gasteiger charge is -2.39. The number of hydrogen-bond acceptors (Lipinski definition) is 2. The minimum absolute atomic E-state index is 0.235. The van der Waals surface area contributed by atoms with E-state index in [-0.39, 0.29) is 5.92 Å². The molecule has 114 valence electrons. The molecule has 21 heavy (non-hydrogen) atoms. The van der Waals surface area contributed by atoms with E-state index in [1.807, 2.05) is 6.07 Å². The van der Waals surface area contributed by atoms with Crippen LogP contribution in [0.3, 0.4) is 0 Å². The highest BCUT2D eigenvalue weighted by molar-refractivity contribution is 6.88. The maximum atomic E-state index is 12.9. The van der Waals surface area contributed by atoms with Crippen molar-refractivity contribution < 1.29 is 4.79 Å². The van der Waals surface area contributed by atoms with Gasteiger partial charge in [-0.3, -0.25) is 4.79 Å². The molecule has 2 heterocycles. The Balaban J connectivity index is 1.79. The summed E-state index contributed by atoms with van der Waals surface area (Å²) in [6, 6.07) is 9.61. The first-order chi connectivity index (χ1) is 9.93. The van der Waals surface area contributed by atoms with E-state index in [1.54, 1.807) is 0 Å². The SMILES string of the molecule is C[Si](C)(C)c1cccc(C(=O)C2CC3CCCC(C2)N3)c1. The summed E-state index contributed by atoms with van der Waals surface area (Å²) in [5.74, 6) is 0.618. The third-order valence-electron chi connectivity index (χ3n) is 5.10. The van der Waals surface area contributed by atoms with Crippen LogP contribution in [0.25, 0.3) is 0 Å². The van der Waals surface area contributed by atoms with Gasteiger partial charge in [0.05, 0.1) is 8.07 Å². The molecule has 2 aliphatic rings. The summed E-state index contributed by atoms with van der Waals surface area (Å²) in [7, 11) is -1.35. The molecule has 0 radical (unpaired) electrons. The molecule has 2 saturated heterocycles. The molecule has 1 N–H and O–H groups in total. The first-order valence-corrected chi connectivity index (χ1v) is 11.8. The van der Waals surface area contributed by atoms with E-state index in [1.165, 1.54) is 24.4 Å². The fourth-order valence-corrected chi connectivity index (χ4v) is 5.04. The normalized spacial score (nSPS) is 29.2. The van der Waals surface area contributed by atoms with Gasteiger partial charge in [-0.15, -0.1) is 0 Å². The third-order valence-corrected chi connectivity index (χ3v) is 7.14. The monoisotopic (exact) mass is 301 g/mol. The number of ketones is 1. The van der Waals surface area contributed by atoms with Gasteiger partial charge < -0.3 is 5.32 Å². The van der Waals surface area contributed by atoms with Crippen molar-refractivity contribution in [1.82, 2.24) is 5.32 Å². The van der Waals surface area contributed by atoms with E-state index < -0.39 is 8.07 Å². The molecule has 2 fully saturated rings. The Morgan fingerprint density at radius 2 is 1.81 bits per heavy atom. The van der Waals surface area contributed by atoms with Crippen LogP contribution in [-0.4, -0.2) is 25.9 Å².